The summed E-state index contributed by atoms with van der Waals surface area (Å²) in [5, 5.41) is 0.443. The minimum Gasteiger partial charge on any atom is -0.384 e. The molecule has 2 aliphatic rings. The molecule has 3 aromatic rings. The van der Waals surface area contributed by atoms with Gasteiger partial charge in [0.2, 0.25) is 0 Å². The topological polar surface area (TPSA) is 88.2 Å². The molecule has 37 heavy (non-hydrogen) atoms. The van der Waals surface area contributed by atoms with E-state index in [1.165, 1.54) is 25.9 Å². The molecule has 0 radical (unpaired) electrons. The van der Waals surface area contributed by atoms with E-state index in [1.54, 1.807) is 18.6 Å². The maximum Gasteiger partial charge on any atom is 0.255 e. The van der Waals surface area contributed by atoms with Gasteiger partial charge < -0.3 is 15.5 Å². The Morgan fingerprint density at radius 1 is 0.973 bits per heavy atom. The Bertz CT molecular complexity index is 1250. The lowest BCUT2D eigenvalue weighted by atomic mass is 9.79. The van der Waals surface area contributed by atoms with Crippen molar-refractivity contribution in [3.05, 3.63) is 59.1 Å². The molecule has 0 aliphatic carbocycles. The summed E-state index contributed by atoms with van der Waals surface area (Å²) >= 11 is 6.73. The van der Waals surface area contributed by atoms with Gasteiger partial charge in [0.05, 0.1) is 22.0 Å². The van der Waals surface area contributed by atoms with Crippen LogP contribution in [-0.4, -0.2) is 63.9 Å². The monoisotopic (exact) mass is 518 g/mol. The van der Waals surface area contributed by atoms with E-state index in [4.69, 9.17) is 17.3 Å². The summed E-state index contributed by atoms with van der Waals surface area (Å²) in [5.74, 6) is 1.99. The Morgan fingerprint density at radius 3 is 2.27 bits per heavy atom. The van der Waals surface area contributed by atoms with Crippen LogP contribution in [0.25, 0.3) is 22.4 Å². The summed E-state index contributed by atoms with van der Waals surface area (Å²) < 4.78 is 0. The first-order chi connectivity index (χ1) is 17.9. The summed E-state index contributed by atoms with van der Waals surface area (Å²) in [6, 6.07) is 9.31. The van der Waals surface area contributed by atoms with E-state index in [1.807, 2.05) is 29.2 Å². The number of nitrogens with two attached hydrogens (primary N) is 1. The fraction of sp³-hybridized carbons (Fsp3) is 0.448. The van der Waals surface area contributed by atoms with Crippen molar-refractivity contribution in [2.45, 2.75) is 39.0 Å². The number of aryl methyl sites for hydroxylation is 1. The number of anilines is 1. The minimum atomic E-state index is 0.0123. The predicted molar refractivity (Wildman–Crippen MR) is 148 cm³/mol. The number of likely N-dealkylation sites (tertiary alicyclic amines) is 2. The lowest BCUT2D eigenvalue weighted by molar-refractivity contribution is 0.0616. The lowest BCUT2D eigenvalue weighted by Crippen LogP contribution is -2.42. The van der Waals surface area contributed by atoms with Crippen LogP contribution in [0.15, 0.2) is 42.9 Å². The molecule has 4 heterocycles. The van der Waals surface area contributed by atoms with Crippen LogP contribution >= 0.6 is 11.6 Å². The van der Waals surface area contributed by atoms with Gasteiger partial charge in [-0.05, 0) is 88.3 Å². The molecule has 7 nitrogen and oxygen atoms in total. The van der Waals surface area contributed by atoms with E-state index in [0.717, 1.165) is 72.3 Å². The molecular formula is C29H35ClN6O. The van der Waals surface area contributed by atoms with Crippen LogP contribution in [0.2, 0.25) is 5.02 Å². The number of nitrogens with zero attached hydrogens (tertiary/aromatic N) is 5. The molecule has 0 spiro atoms. The number of carbonyl (C=O) groups is 1. The molecule has 8 heteroatoms. The van der Waals surface area contributed by atoms with Crippen molar-refractivity contribution in [1.29, 1.82) is 0 Å². The zero-order chi connectivity index (χ0) is 25.9. The third-order valence-electron chi connectivity index (χ3n) is 8.07. The van der Waals surface area contributed by atoms with Crippen molar-refractivity contribution in [3.63, 3.8) is 0 Å². The largest absolute Gasteiger partial charge is 0.384 e. The van der Waals surface area contributed by atoms with Crippen molar-refractivity contribution in [2.24, 2.45) is 11.8 Å². The van der Waals surface area contributed by atoms with Gasteiger partial charge in [0.25, 0.3) is 5.91 Å². The highest BCUT2D eigenvalue weighted by Gasteiger charge is 2.31. The van der Waals surface area contributed by atoms with Crippen molar-refractivity contribution in [2.75, 3.05) is 39.0 Å². The summed E-state index contributed by atoms with van der Waals surface area (Å²) in [7, 11) is 2.20. The molecule has 0 unspecified atom stereocenters. The Balaban J connectivity index is 1.34. The number of hydrogen-bond donors (Lipinski definition) is 1. The Hall–Kier alpha value is -3.03. The van der Waals surface area contributed by atoms with Gasteiger partial charge in [-0.2, -0.15) is 0 Å². The standard InChI is InChI=1S/C29H35ClN6O/c1-3-25-27(22-5-7-26(31)32-17-22)28(34-18-33-25)21-4-6-23(24(30)16-21)29(37)36-14-10-20(11-15-36)19-8-12-35(2)13-9-19/h4-7,16-20H,3,8-15H2,1-2H3,(H2,31,32). The van der Waals surface area contributed by atoms with E-state index in [-0.39, 0.29) is 5.91 Å². The van der Waals surface area contributed by atoms with Gasteiger partial charge in [-0.1, -0.05) is 24.6 Å². The maximum absolute atomic E-state index is 13.4. The number of nitrogen functional groups attached to an aromatic ring is 1. The molecule has 1 amide bonds. The molecule has 5 rings (SSSR count). The predicted octanol–water partition coefficient (Wildman–Crippen LogP) is 5.20. The quantitative estimate of drug-likeness (QED) is 0.499. The minimum absolute atomic E-state index is 0.0123. The number of benzene rings is 1. The highest BCUT2D eigenvalue weighted by atomic mass is 35.5. The van der Waals surface area contributed by atoms with Gasteiger partial charge in [-0.3, -0.25) is 4.79 Å². The van der Waals surface area contributed by atoms with E-state index >= 15 is 0 Å². The fourth-order valence-electron chi connectivity index (χ4n) is 5.85. The summed E-state index contributed by atoms with van der Waals surface area (Å²) in [6.07, 6.45) is 8.77. The molecular weight excluding hydrogens is 484 g/mol. The fourth-order valence-corrected chi connectivity index (χ4v) is 6.11. The second-order valence-electron chi connectivity index (χ2n) is 10.3. The van der Waals surface area contributed by atoms with E-state index in [9.17, 15) is 4.79 Å². The average molecular weight is 519 g/mol. The van der Waals surface area contributed by atoms with Crippen LogP contribution in [0.1, 0.15) is 48.7 Å². The molecule has 2 fully saturated rings. The number of pyridine rings is 1. The Morgan fingerprint density at radius 2 is 1.65 bits per heavy atom. The zero-order valence-corrected chi connectivity index (χ0v) is 22.4. The van der Waals surface area contributed by atoms with Crippen molar-refractivity contribution < 1.29 is 4.79 Å². The molecule has 2 N–H and O–H groups in total. The number of aromatic nitrogens is 3. The highest BCUT2D eigenvalue weighted by Crippen LogP contribution is 2.36. The number of rotatable bonds is 5. The van der Waals surface area contributed by atoms with Crippen LogP contribution in [-0.2, 0) is 6.42 Å². The molecule has 1 aromatic carbocycles. The lowest BCUT2D eigenvalue weighted by Gasteiger charge is -2.39. The number of amides is 1. The second-order valence-corrected chi connectivity index (χ2v) is 10.7. The van der Waals surface area contributed by atoms with Crippen LogP contribution in [0, 0.1) is 11.8 Å². The molecule has 194 valence electrons. The van der Waals surface area contributed by atoms with Crippen molar-refractivity contribution >= 4 is 23.3 Å². The average Bonchev–Trinajstić information content (AvgIpc) is 2.93. The van der Waals surface area contributed by atoms with Crippen LogP contribution in [0.5, 0.6) is 0 Å². The van der Waals surface area contributed by atoms with Gasteiger partial charge >= 0.3 is 0 Å². The van der Waals surface area contributed by atoms with Crippen LogP contribution in [0.3, 0.4) is 0 Å². The summed E-state index contributed by atoms with van der Waals surface area (Å²) in [6.45, 7) is 6.04. The number of hydrogen-bond acceptors (Lipinski definition) is 6. The third-order valence-corrected chi connectivity index (χ3v) is 8.38. The smallest absolute Gasteiger partial charge is 0.255 e. The van der Waals surface area contributed by atoms with Gasteiger partial charge in [0, 0.05) is 36.0 Å². The molecule has 0 bridgehead atoms. The van der Waals surface area contributed by atoms with Gasteiger partial charge in [-0.25, -0.2) is 15.0 Å². The Labute approximate surface area is 224 Å². The first-order valence-corrected chi connectivity index (χ1v) is 13.7. The van der Waals surface area contributed by atoms with Crippen molar-refractivity contribution in [3.8, 4) is 22.4 Å². The van der Waals surface area contributed by atoms with Gasteiger partial charge in [0.1, 0.15) is 12.1 Å². The first kappa shape index (κ1) is 25.6. The summed E-state index contributed by atoms with van der Waals surface area (Å²) in [4.78, 5) is 31.1. The second kappa shape index (κ2) is 11.2. The summed E-state index contributed by atoms with van der Waals surface area (Å²) in [5.41, 5.74) is 10.7. The number of carbonyl (C=O) groups excluding carboxylic acids is 1. The molecule has 2 saturated heterocycles. The van der Waals surface area contributed by atoms with Crippen molar-refractivity contribution in [1.82, 2.24) is 24.8 Å². The normalized spacial score (nSPS) is 17.8. The maximum atomic E-state index is 13.4. The molecule has 2 aliphatic heterocycles. The van der Waals surface area contributed by atoms with Crippen LogP contribution in [0.4, 0.5) is 5.82 Å². The molecule has 0 saturated carbocycles. The van der Waals surface area contributed by atoms with E-state index in [0.29, 0.717) is 16.4 Å². The Kier molecular flexibility index (Phi) is 7.72. The molecule has 0 atom stereocenters. The zero-order valence-electron chi connectivity index (χ0n) is 21.7. The number of piperidine rings is 2. The van der Waals surface area contributed by atoms with Gasteiger partial charge in [-0.15, -0.1) is 0 Å². The SMILES string of the molecule is CCc1ncnc(-c2ccc(C(=O)N3CCC(C4CCN(C)CC4)CC3)c(Cl)c2)c1-c1ccc(N)nc1. The third kappa shape index (κ3) is 5.48. The van der Waals surface area contributed by atoms with E-state index < -0.39 is 0 Å². The first-order valence-electron chi connectivity index (χ1n) is 13.3. The van der Waals surface area contributed by atoms with Crippen LogP contribution < -0.4 is 5.73 Å². The highest BCUT2D eigenvalue weighted by molar-refractivity contribution is 6.34. The molecule has 2 aromatic heterocycles. The van der Waals surface area contributed by atoms with Gasteiger partial charge in [0.15, 0.2) is 0 Å². The van der Waals surface area contributed by atoms with E-state index in [2.05, 4.69) is 33.8 Å². The number of halogens is 1.